The Labute approximate surface area is 174 Å². The highest BCUT2D eigenvalue weighted by Gasteiger charge is 2.18. The summed E-state index contributed by atoms with van der Waals surface area (Å²) >= 11 is 5.95. The molecule has 1 aliphatic heterocycles. The Morgan fingerprint density at radius 3 is 2.38 bits per heavy atom. The van der Waals surface area contributed by atoms with E-state index >= 15 is 0 Å². The molecule has 7 nitrogen and oxygen atoms in total. The Bertz CT molecular complexity index is 1020. The average Bonchev–Trinajstić information content (AvgIpc) is 3.21. The predicted octanol–water partition coefficient (Wildman–Crippen LogP) is 3.14. The van der Waals surface area contributed by atoms with Gasteiger partial charge in [0.1, 0.15) is 0 Å². The molecular formula is C20H21ClN2O5S. The average molecular weight is 437 g/mol. The first-order chi connectivity index (χ1) is 13.7. The van der Waals surface area contributed by atoms with E-state index in [2.05, 4.69) is 10.2 Å². The molecule has 154 valence electrons. The molecule has 1 heterocycles. The molecule has 1 aliphatic rings. The van der Waals surface area contributed by atoms with Gasteiger partial charge in [-0.1, -0.05) is 11.6 Å². The second-order valence-corrected chi connectivity index (χ2v) is 9.20. The van der Waals surface area contributed by atoms with E-state index in [1.54, 1.807) is 12.1 Å². The number of nitrogens with one attached hydrogen (secondary N) is 1. The summed E-state index contributed by atoms with van der Waals surface area (Å²) in [5.74, 6) is -1.39. The summed E-state index contributed by atoms with van der Waals surface area (Å²) in [6.45, 7) is 1.54. The summed E-state index contributed by atoms with van der Waals surface area (Å²) in [6, 6.07) is 11.2. The van der Waals surface area contributed by atoms with Crippen LogP contribution >= 0.6 is 11.6 Å². The van der Waals surface area contributed by atoms with Gasteiger partial charge in [-0.25, -0.2) is 13.2 Å². The van der Waals surface area contributed by atoms with Gasteiger partial charge in [-0.2, -0.15) is 0 Å². The SMILES string of the molecule is CS(=O)(=O)c1ccc(Cl)c(C(=O)OCC(=O)Nc2ccc(N3CCCC3)cc2)c1. The standard InChI is InChI=1S/C20H21ClN2O5S/c1-29(26,27)16-8-9-18(21)17(12-16)20(25)28-13-19(24)22-14-4-6-15(7-5-14)23-10-2-3-11-23/h4-9,12H,2-3,10-11,13H2,1H3,(H,22,24). The molecule has 29 heavy (non-hydrogen) atoms. The van der Waals surface area contributed by atoms with Crippen LogP contribution in [-0.2, 0) is 19.4 Å². The Kier molecular flexibility index (Phi) is 6.44. The minimum Gasteiger partial charge on any atom is -0.452 e. The number of anilines is 2. The summed E-state index contributed by atoms with van der Waals surface area (Å²) < 4.78 is 28.2. The second-order valence-electron chi connectivity index (χ2n) is 6.78. The fourth-order valence-electron chi connectivity index (χ4n) is 3.03. The maximum absolute atomic E-state index is 12.2. The smallest absolute Gasteiger partial charge is 0.340 e. The van der Waals surface area contributed by atoms with Crippen LogP contribution in [0.15, 0.2) is 47.4 Å². The highest BCUT2D eigenvalue weighted by molar-refractivity contribution is 7.90. The number of carbonyl (C=O) groups excluding carboxylic acids is 2. The minimum atomic E-state index is -3.51. The first kappa shape index (κ1) is 21.1. The lowest BCUT2D eigenvalue weighted by atomic mass is 10.2. The third kappa shape index (κ3) is 5.48. The van der Waals surface area contributed by atoms with Gasteiger partial charge < -0.3 is 15.0 Å². The fraction of sp³-hybridized carbons (Fsp3) is 0.300. The van der Waals surface area contributed by atoms with Crippen LogP contribution in [0, 0.1) is 0 Å². The van der Waals surface area contributed by atoms with Crippen molar-refractivity contribution in [2.45, 2.75) is 17.7 Å². The van der Waals surface area contributed by atoms with Gasteiger partial charge in [-0.15, -0.1) is 0 Å². The molecule has 1 fully saturated rings. The molecule has 0 aromatic heterocycles. The van der Waals surface area contributed by atoms with Crippen molar-refractivity contribution in [1.29, 1.82) is 0 Å². The van der Waals surface area contributed by atoms with E-state index in [4.69, 9.17) is 16.3 Å². The van der Waals surface area contributed by atoms with Crippen molar-refractivity contribution in [3.05, 3.63) is 53.1 Å². The molecule has 0 spiro atoms. The van der Waals surface area contributed by atoms with Gasteiger partial charge in [-0.3, -0.25) is 4.79 Å². The number of hydrogen-bond donors (Lipinski definition) is 1. The molecule has 9 heteroatoms. The molecule has 0 radical (unpaired) electrons. The quantitative estimate of drug-likeness (QED) is 0.699. The molecule has 0 aliphatic carbocycles. The van der Waals surface area contributed by atoms with E-state index in [0.717, 1.165) is 31.1 Å². The zero-order valence-electron chi connectivity index (χ0n) is 15.9. The Hall–Kier alpha value is -2.58. The van der Waals surface area contributed by atoms with Crippen molar-refractivity contribution in [3.63, 3.8) is 0 Å². The number of amides is 1. The highest BCUT2D eigenvalue weighted by atomic mass is 35.5. The molecule has 0 unspecified atom stereocenters. The van der Waals surface area contributed by atoms with E-state index in [1.165, 1.54) is 25.0 Å². The Morgan fingerprint density at radius 2 is 1.76 bits per heavy atom. The van der Waals surface area contributed by atoms with E-state index in [-0.39, 0.29) is 15.5 Å². The summed E-state index contributed by atoms with van der Waals surface area (Å²) in [7, 11) is -3.51. The monoisotopic (exact) mass is 436 g/mol. The highest BCUT2D eigenvalue weighted by Crippen LogP contribution is 2.23. The molecular weight excluding hydrogens is 416 g/mol. The summed E-state index contributed by atoms with van der Waals surface area (Å²) in [5, 5.41) is 2.70. The van der Waals surface area contributed by atoms with Crippen LogP contribution in [0.25, 0.3) is 0 Å². The zero-order valence-corrected chi connectivity index (χ0v) is 17.4. The van der Waals surface area contributed by atoms with Crippen LogP contribution < -0.4 is 10.2 Å². The van der Waals surface area contributed by atoms with E-state index in [9.17, 15) is 18.0 Å². The lowest BCUT2D eigenvalue weighted by molar-refractivity contribution is -0.119. The maximum atomic E-state index is 12.2. The number of esters is 1. The molecule has 0 saturated carbocycles. The lowest BCUT2D eigenvalue weighted by Gasteiger charge is -2.17. The van der Waals surface area contributed by atoms with Crippen molar-refractivity contribution in [3.8, 4) is 0 Å². The van der Waals surface area contributed by atoms with Crippen molar-refractivity contribution >= 4 is 44.7 Å². The number of nitrogens with zero attached hydrogens (tertiary/aromatic N) is 1. The van der Waals surface area contributed by atoms with Gasteiger partial charge in [0.05, 0.1) is 15.5 Å². The van der Waals surface area contributed by atoms with Gasteiger partial charge in [0.15, 0.2) is 16.4 Å². The summed E-state index contributed by atoms with van der Waals surface area (Å²) in [6.07, 6.45) is 3.38. The van der Waals surface area contributed by atoms with Crippen molar-refractivity contribution < 1.29 is 22.7 Å². The largest absolute Gasteiger partial charge is 0.452 e. The molecule has 2 aromatic carbocycles. The minimum absolute atomic E-state index is 0.0420. The topological polar surface area (TPSA) is 92.8 Å². The molecule has 0 bridgehead atoms. The molecule has 1 saturated heterocycles. The fourth-order valence-corrected chi connectivity index (χ4v) is 3.87. The van der Waals surface area contributed by atoms with Crippen LogP contribution in [0.1, 0.15) is 23.2 Å². The van der Waals surface area contributed by atoms with Gasteiger partial charge in [0, 0.05) is 30.7 Å². The van der Waals surface area contributed by atoms with Crippen molar-refractivity contribution in [1.82, 2.24) is 0 Å². The molecule has 3 rings (SSSR count). The second kappa shape index (κ2) is 8.84. The van der Waals surface area contributed by atoms with Gasteiger partial charge in [-0.05, 0) is 55.3 Å². The van der Waals surface area contributed by atoms with Crippen molar-refractivity contribution in [2.75, 3.05) is 36.2 Å². The van der Waals surface area contributed by atoms with Crippen LogP contribution in [0.2, 0.25) is 5.02 Å². The van der Waals surface area contributed by atoms with Gasteiger partial charge in [0.25, 0.3) is 5.91 Å². The Balaban J connectivity index is 1.57. The van der Waals surface area contributed by atoms with Crippen LogP contribution in [0.3, 0.4) is 0 Å². The first-order valence-corrected chi connectivity index (χ1v) is 11.3. The van der Waals surface area contributed by atoms with Crippen molar-refractivity contribution in [2.24, 2.45) is 0 Å². The van der Waals surface area contributed by atoms with E-state index in [1.807, 2.05) is 12.1 Å². The Morgan fingerprint density at radius 1 is 1.10 bits per heavy atom. The number of carbonyl (C=O) groups is 2. The molecule has 0 atom stereocenters. The zero-order chi connectivity index (χ0) is 21.0. The van der Waals surface area contributed by atoms with Crippen LogP contribution in [0.5, 0.6) is 0 Å². The third-order valence-electron chi connectivity index (χ3n) is 4.54. The van der Waals surface area contributed by atoms with Gasteiger partial charge >= 0.3 is 5.97 Å². The lowest BCUT2D eigenvalue weighted by Crippen LogP contribution is -2.21. The number of hydrogen-bond acceptors (Lipinski definition) is 6. The predicted molar refractivity (Wildman–Crippen MR) is 111 cm³/mol. The molecule has 2 aromatic rings. The normalized spacial score (nSPS) is 13.9. The van der Waals surface area contributed by atoms with E-state index in [0.29, 0.717) is 5.69 Å². The van der Waals surface area contributed by atoms with Crippen LogP contribution in [-0.4, -0.2) is 46.2 Å². The number of halogens is 1. The number of rotatable bonds is 6. The maximum Gasteiger partial charge on any atom is 0.340 e. The number of ether oxygens (including phenoxy) is 1. The van der Waals surface area contributed by atoms with E-state index < -0.39 is 28.3 Å². The van der Waals surface area contributed by atoms with Crippen LogP contribution in [0.4, 0.5) is 11.4 Å². The van der Waals surface area contributed by atoms with Gasteiger partial charge in [0.2, 0.25) is 0 Å². The first-order valence-electron chi connectivity index (χ1n) is 9.05. The number of benzene rings is 2. The molecule has 1 N–H and O–H groups in total. The number of sulfone groups is 1. The third-order valence-corrected chi connectivity index (χ3v) is 5.98. The summed E-state index contributed by atoms with van der Waals surface area (Å²) in [4.78, 5) is 26.5. The summed E-state index contributed by atoms with van der Waals surface area (Å²) in [5.41, 5.74) is 1.58. The molecule has 1 amide bonds.